The third-order valence-electron chi connectivity index (χ3n) is 5.10. The Hall–Kier alpha value is -1.94. The summed E-state index contributed by atoms with van der Waals surface area (Å²) >= 11 is 0. The van der Waals surface area contributed by atoms with E-state index in [1.165, 1.54) is 14.2 Å². The molecule has 1 saturated heterocycles. The van der Waals surface area contributed by atoms with Gasteiger partial charge in [-0.15, -0.1) is 0 Å². The fourth-order valence-corrected chi connectivity index (χ4v) is 4.20. The van der Waals surface area contributed by atoms with Crippen molar-refractivity contribution < 1.29 is 35.2 Å². The van der Waals surface area contributed by atoms with E-state index in [2.05, 4.69) is 4.18 Å². The van der Waals surface area contributed by atoms with E-state index in [0.29, 0.717) is 35.6 Å². The molecule has 6 nitrogen and oxygen atoms in total. The molecule has 10 heteroatoms. The molecule has 156 valence electrons. The Morgan fingerprint density at radius 3 is 2.46 bits per heavy atom. The lowest BCUT2D eigenvalue weighted by Crippen LogP contribution is -2.44. The van der Waals surface area contributed by atoms with Crippen molar-refractivity contribution >= 4 is 15.7 Å². The number of ether oxygens (including phenoxy) is 2. The number of piperidine rings is 1. The van der Waals surface area contributed by atoms with Gasteiger partial charge in [-0.2, -0.15) is 21.6 Å². The van der Waals surface area contributed by atoms with Gasteiger partial charge >= 0.3 is 15.6 Å². The fourth-order valence-electron chi connectivity index (χ4n) is 3.69. The minimum absolute atomic E-state index is 0.0175. The first-order valence-electron chi connectivity index (χ1n) is 8.85. The molecule has 0 amide bonds. The number of benzene rings is 1. The Bertz CT molecular complexity index is 866. The lowest BCUT2D eigenvalue weighted by atomic mass is 9.88. The molecule has 28 heavy (non-hydrogen) atoms. The van der Waals surface area contributed by atoms with Crippen LogP contribution in [0.1, 0.15) is 31.2 Å². The van der Waals surface area contributed by atoms with Crippen LogP contribution in [0.25, 0.3) is 5.57 Å². The first-order chi connectivity index (χ1) is 13.2. The Morgan fingerprint density at radius 1 is 1.11 bits per heavy atom. The first kappa shape index (κ1) is 20.8. The summed E-state index contributed by atoms with van der Waals surface area (Å²) in [4.78, 5) is 1.98. The van der Waals surface area contributed by atoms with Crippen LogP contribution in [-0.4, -0.2) is 52.2 Å². The van der Waals surface area contributed by atoms with Crippen LogP contribution in [0.5, 0.6) is 11.5 Å². The van der Waals surface area contributed by atoms with E-state index in [0.717, 1.165) is 19.3 Å². The van der Waals surface area contributed by atoms with Crippen LogP contribution in [0.3, 0.4) is 0 Å². The molecule has 0 saturated carbocycles. The molecular weight excluding hydrogens is 399 g/mol. The van der Waals surface area contributed by atoms with Crippen LogP contribution in [0.15, 0.2) is 24.0 Å². The minimum atomic E-state index is -5.75. The Kier molecular flexibility index (Phi) is 5.81. The van der Waals surface area contributed by atoms with Crippen LogP contribution in [-0.2, 0) is 14.3 Å². The van der Waals surface area contributed by atoms with Gasteiger partial charge in [-0.25, -0.2) is 0 Å². The molecule has 1 aromatic carbocycles. The van der Waals surface area contributed by atoms with E-state index in [4.69, 9.17) is 9.47 Å². The number of hydrogen-bond acceptors (Lipinski definition) is 6. The largest absolute Gasteiger partial charge is 0.534 e. The molecule has 0 aliphatic carbocycles. The Balaban J connectivity index is 2.06. The van der Waals surface area contributed by atoms with E-state index in [1.807, 2.05) is 4.90 Å². The van der Waals surface area contributed by atoms with E-state index in [9.17, 15) is 21.6 Å². The molecule has 1 fully saturated rings. The van der Waals surface area contributed by atoms with E-state index < -0.39 is 15.6 Å². The molecule has 2 aliphatic heterocycles. The highest BCUT2D eigenvalue weighted by Gasteiger charge is 2.49. The minimum Gasteiger partial charge on any atom is -0.493 e. The third-order valence-corrected chi connectivity index (χ3v) is 6.09. The summed E-state index contributed by atoms with van der Waals surface area (Å²) in [5.41, 5.74) is -4.49. The highest BCUT2D eigenvalue weighted by molar-refractivity contribution is 7.87. The number of hydrogen-bond donors (Lipinski definition) is 0. The second-order valence-corrected chi connectivity index (χ2v) is 8.32. The molecule has 0 radical (unpaired) electrons. The molecule has 0 bridgehead atoms. The molecule has 3 rings (SSSR count). The maximum absolute atomic E-state index is 12.9. The quantitative estimate of drug-likeness (QED) is 0.535. The van der Waals surface area contributed by atoms with Gasteiger partial charge in [0.25, 0.3) is 0 Å². The van der Waals surface area contributed by atoms with E-state index in [1.54, 1.807) is 18.2 Å². The standard InChI is InChI=1S/C18H22F3NO5S/c1-25-15-7-6-12(9-16(15)26-2)14-10-13-5-3-4-8-22(13)11-17(14)27-28(23,24)18(19,20)21/h6-7,9,13H,3-5,8,10-11H2,1-2H3/t13-/m1/s1. The van der Waals surface area contributed by atoms with Crippen LogP contribution < -0.4 is 9.47 Å². The number of nitrogens with zero attached hydrogens (tertiary/aromatic N) is 1. The predicted molar refractivity (Wildman–Crippen MR) is 96.4 cm³/mol. The predicted octanol–water partition coefficient (Wildman–Crippen LogP) is 3.54. The molecule has 0 unspecified atom stereocenters. The topological polar surface area (TPSA) is 65.1 Å². The number of fused-ring (bicyclic) bond motifs is 1. The summed E-state index contributed by atoms with van der Waals surface area (Å²) in [6, 6.07) is 5.05. The number of halogens is 3. The van der Waals surface area contributed by atoms with Gasteiger partial charge in [0.2, 0.25) is 0 Å². The molecular formula is C18H22F3NO5S. The Morgan fingerprint density at radius 2 is 1.82 bits per heavy atom. The van der Waals surface area contributed by atoms with Crippen molar-refractivity contribution in [1.82, 2.24) is 4.90 Å². The van der Waals surface area contributed by atoms with Gasteiger partial charge < -0.3 is 13.7 Å². The van der Waals surface area contributed by atoms with Crippen LogP contribution in [0.4, 0.5) is 13.2 Å². The van der Waals surface area contributed by atoms with Gasteiger partial charge in [0.15, 0.2) is 11.5 Å². The zero-order chi connectivity index (χ0) is 20.5. The third kappa shape index (κ3) is 4.07. The zero-order valence-electron chi connectivity index (χ0n) is 15.6. The highest BCUT2D eigenvalue weighted by atomic mass is 32.2. The van der Waals surface area contributed by atoms with E-state index >= 15 is 0 Å². The molecule has 2 heterocycles. The second kappa shape index (κ2) is 7.82. The molecule has 0 spiro atoms. The van der Waals surface area contributed by atoms with Crippen molar-refractivity contribution in [3.8, 4) is 11.5 Å². The normalized spacial score (nSPS) is 21.2. The van der Waals surface area contributed by atoms with Crippen molar-refractivity contribution in [3.05, 3.63) is 29.5 Å². The summed E-state index contributed by atoms with van der Waals surface area (Å²) < 4.78 is 77.0. The zero-order valence-corrected chi connectivity index (χ0v) is 16.4. The number of alkyl halides is 3. The summed E-state index contributed by atoms with van der Waals surface area (Å²) in [5.74, 6) is 0.673. The van der Waals surface area contributed by atoms with Crippen LogP contribution in [0.2, 0.25) is 0 Å². The monoisotopic (exact) mass is 421 g/mol. The lowest BCUT2D eigenvalue weighted by Gasteiger charge is -2.40. The SMILES string of the molecule is COc1ccc(C2=C(OS(=O)(=O)C(F)(F)F)CN3CCCC[C@@H]3C2)cc1OC. The van der Waals surface area contributed by atoms with Crippen molar-refractivity contribution in [1.29, 1.82) is 0 Å². The first-order valence-corrected chi connectivity index (χ1v) is 10.3. The molecule has 0 N–H and O–H groups in total. The molecule has 1 aromatic rings. The smallest absolute Gasteiger partial charge is 0.493 e. The highest BCUT2D eigenvalue weighted by Crippen LogP contribution is 2.40. The van der Waals surface area contributed by atoms with Crippen molar-refractivity contribution in [3.63, 3.8) is 0 Å². The van der Waals surface area contributed by atoms with Gasteiger partial charge in [0.05, 0.1) is 20.8 Å². The van der Waals surface area contributed by atoms with Crippen LogP contribution in [0, 0.1) is 0 Å². The van der Waals surface area contributed by atoms with Gasteiger partial charge in [-0.05, 0) is 43.5 Å². The van der Waals surface area contributed by atoms with Crippen molar-refractivity contribution in [2.75, 3.05) is 27.3 Å². The number of rotatable bonds is 5. The van der Waals surface area contributed by atoms with E-state index in [-0.39, 0.29) is 18.3 Å². The number of methoxy groups -OCH3 is 2. The lowest BCUT2D eigenvalue weighted by molar-refractivity contribution is -0.0527. The van der Waals surface area contributed by atoms with Crippen LogP contribution >= 0.6 is 0 Å². The molecule has 1 atom stereocenters. The maximum Gasteiger partial charge on any atom is 0.534 e. The average Bonchev–Trinajstić information content (AvgIpc) is 2.65. The van der Waals surface area contributed by atoms with Crippen molar-refractivity contribution in [2.24, 2.45) is 0 Å². The fraction of sp³-hybridized carbons (Fsp3) is 0.556. The average molecular weight is 421 g/mol. The van der Waals surface area contributed by atoms with Gasteiger partial charge in [-0.3, -0.25) is 4.90 Å². The summed E-state index contributed by atoms with van der Waals surface area (Å²) in [7, 11) is -2.82. The summed E-state index contributed by atoms with van der Waals surface area (Å²) in [5, 5.41) is 0. The summed E-state index contributed by atoms with van der Waals surface area (Å²) in [6.07, 6.45) is 3.24. The maximum atomic E-state index is 12.9. The molecule has 2 aliphatic rings. The van der Waals surface area contributed by atoms with Gasteiger partial charge in [0.1, 0.15) is 5.76 Å². The Labute approximate surface area is 162 Å². The summed E-state index contributed by atoms with van der Waals surface area (Å²) in [6.45, 7) is 0.715. The van der Waals surface area contributed by atoms with Gasteiger partial charge in [0, 0.05) is 11.6 Å². The van der Waals surface area contributed by atoms with Crippen molar-refractivity contribution in [2.45, 2.75) is 37.2 Å². The molecule has 0 aromatic heterocycles. The van der Waals surface area contributed by atoms with Gasteiger partial charge in [-0.1, -0.05) is 12.5 Å². The second-order valence-electron chi connectivity index (χ2n) is 6.78.